The summed E-state index contributed by atoms with van der Waals surface area (Å²) in [6, 6.07) is 4.18. The maximum atomic E-state index is 13.3. The number of rotatable bonds is 3. The number of hydrogen-bond acceptors (Lipinski definition) is 2. The molecule has 1 unspecified atom stereocenters. The normalized spacial score (nSPS) is 26.7. The molecular formula is C16H24F2N2. The lowest BCUT2D eigenvalue weighted by Crippen LogP contribution is -2.66. The Morgan fingerprint density at radius 2 is 1.90 bits per heavy atom. The molecule has 1 aromatic rings. The van der Waals surface area contributed by atoms with Gasteiger partial charge in [-0.25, -0.2) is 8.78 Å². The molecule has 0 aromatic heterocycles. The average molecular weight is 282 g/mol. The van der Waals surface area contributed by atoms with Crippen LogP contribution in [0.2, 0.25) is 0 Å². The minimum atomic E-state index is -0.785. The van der Waals surface area contributed by atoms with E-state index in [1.165, 1.54) is 12.1 Å². The van der Waals surface area contributed by atoms with Gasteiger partial charge in [0.2, 0.25) is 0 Å². The van der Waals surface area contributed by atoms with Crippen molar-refractivity contribution < 1.29 is 8.78 Å². The Morgan fingerprint density at radius 3 is 2.50 bits per heavy atom. The first-order chi connectivity index (χ1) is 9.26. The average Bonchev–Trinajstić information content (AvgIpc) is 2.39. The van der Waals surface area contributed by atoms with E-state index in [1.54, 1.807) is 6.07 Å². The van der Waals surface area contributed by atoms with E-state index in [4.69, 9.17) is 0 Å². The molecule has 1 aliphatic heterocycles. The van der Waals surface area contributed by atoms with Gasteiger partial charge in [0.25, 0.3) is 0 Å². The second-order valence-electron chi connectivity index (χ2n) is 6.68. The van der Waals surface area contributed by atoms with Crippen LogP contribution in [0.5, 0.6) is 0 Å². The van der Waals surface area contributed by atoms with Crippen molar-refractivity contribution >= 4 is 0 Å². The van der Waals surface area contributed by atoms with Crippen molar-refractivity contribution in [2.75, 3.05) is 13.1 Å². The van der Waals surface area contributed by atoms with Gasteiger partial charge in [-0.1, -0.05) is 13.0 Å². The van der Waals surface area contributed by atoms with Crippen LogP contribution in [-0.4, -0.2) is 29.1 Å². The van der Waals surface area contributed by atoms with Gasteiger partial charge < -0.3 is 5.32 Å². The number of benzene rings is 1. The van der Waals surface area contributed by atoms with Crippen molar-refractivity contribution in [3.05, 3.63) is 35.4 Å². The van der Waals surface area contributed by atoms with Gasteiger partial charge in [-0.3, -0.25) is 4.90 Å². The lowest BCUT2D eigenvalue weighted by molar-refractivity contribution is 0.0245. The molecule has 1 aliphatic rings. The number of piperazine rings is 1. The molecule has 20 heavy (non-hydrogen) atoms. The van der Waals surface area contributed by atoms with E-state index in [0.29, 0.717) is 6.54 Å². The second kappa shape index (κ2) is 5.41. The topological polar surface area (TPSA) is 15.3 Å². The van der Waals surface area contributed by atoms with Crippen LogP contribution in [0.4, 0.5) is 8.78 Å². The minimum absolute atomic E-state index is 0.000454. The molecule has 112 valence electrons. The van der Waals surface area contributed by atoms with Crippen molar-refractivity contribution in [1.82, 2.24) is 10.2 Å². The molecule has 0 aliphatic carbocycles. The van der Waals surface area contributed by atoms with Gasteiger partial charge >= 0.3 is 0 Å². The Hall–Kier alpha value is -1.00. The maximum Gasteiger partial charge on any atom is 0.159 e. The molecule has 2 nitrogen and oxygen atoms in total. The van der Waals surface area contributed by atoms with E-state index in [2.05, 4.69) is 37.9 Å². The summed E-state index contributed by atoms with van der Waals surface area (Å²) >= 11 is 0. The van der Waals surface area contributed by atoms with Crippen LogP contribution in [0.1, 0.15) is 39.7 Å². The Morgan fingerprint density at radius 1 is 1.20 bits per heavy atom. The third kappa shape index (κ3) is 3.18. The van der Waals surface area contributed by atoms with Gasteiger partial charge in [-0.2, -0.15) is 0 Å². The predicted octanol–water partition coefficient (Wildman–Crippen LogP) is 3.32. The van der Waals surface area contributed by atoms with Crippen LogP contribution in [0.25, 0.3) is 0 Å². The minimum Gasteiger partial charge on any atom is -0.308 e. The van der Waals surface area contributed by atoms with Crippen LogP contribution in [0.15, 0.2) is 18.2 Å². The van der Waals surface area contributed by atoms with Crippen LogP contribution in [-0.2, 0) is 6.54 Å². The van der Waals surface area contributed by atoms with E-state index >= 15 is 0 Å². The summed E-state index contributed by atoms with van der Waals surface area (Å²) in [5.41, 5.74) is 0.894. The highest BCUT2D eigenvalue weighted by atomic mass is 19.2. The summed E-state index contributed by atoms with van der Waals surface area (Å²) in [7, 11) is 0. The molecule has 1 fully saturated rings. The van der Waals surface area contributed by atoms with E-state index in [-0.39, 0.29) is 11.1 Å². The molecule has 1 heterocycles. The molecule has 1 aromatic carbocycles. The van der Waals surface area contributed by atoms with Crippen LogP contribution in [0, 0.1) is 11.6 Å². The zero-order valence-electron chi connectivity index (χ0n) is 12.8. The highest BCUT2D eigenvalue weighted by molar-refractivity contribution is 5.18. The van der Waals surface area contributed by atoms with Crippen molar-refractivity contribution in [3.63, 3.8) is 0 Å². The standard InChI is InChI=1S/C16H24F2N2/c1-5-16(4)11-20(15(2,3)10-19-16)9-12-6-7-13(17)14(18)8-12/h6-8,19H,5,9-11H2,1-4H3. The first kappa shape index (κ1) is 15.4. The first-order valence-electron chi connectivity index (χ1n) is 7.20. The lowest BCUT2D eigenvalue weighted by Gasteiger charge is -2.50. The van der Waals surface area contributed by atoms with Crippen molar-refractivity contribution in [1.29, 1.82) is 0 Å². The molecule has 0 spiro atoms. The quantitative estimate of drug-likeness (QED) is 0.915. The van der Waals surface area contributed by atoms with Gasteiger partial charge in [-0.15, -0.1) is 0 Å². The van der Waals surface area contributed by atoms with Crippen LogP contribution in [0.3, 0.4) is 0 Å². The Kier molecular flexibility index (Phi) is 4.17. The SMILES string of the molecule is CCC1(C)CN(Cc2ccc(F)c(F)c2)C(C)(C)CN1. The molecule has 2 rings (SSSR count). The molecule has 0 bridgehead atoms. The van der Waals surface area contributed by atoms with E-state index < -0.39 is 11.6 Å². The lowest BCUT2D eigenvalue weighted by atomic mass is 9.88. The third-order valence-electron chi connectivity index (χ3n) is 4.48. The maximum absolute atomic E-state index is 13.3. The van der Waals surface area contributed by atoms with Gasteiger partial charge in [0.1, 0.15) is 0 Å². The molecule has 0 radical (unpaired) electrons. The monoisotopic (exact) mass is 282 g/mol. The summed E-state index contributed by atoms with van der Waals surface area (Å²) in [4.78, 5) is 2.35. The fraction of sp³-hybridized carbons (Fsp3) is 0.625. The largest absolute Gasteiger partial charge is 0.308 e. The summed E-state index contributed by atoms with van der Waals surface area (Å²) < 4.78 is 26.3. The van der Waals surface area contributed by atoms with E-state index in [1.807, 2.05) is 0 Å². The van der Waals surface area contributed by atoms with Gasteiger partial charge in [-0.05, 0) is 44.9 Å². The van der Waals surface area contributed by atoms with Gasteiger partial charge in [0, 0.05) is 30.7 Å². The van der Waals surface area contributed by atoms with Crippen molar-refractivity contribution in [2.24, 2.45) is 0 Å². The van der Waals surface area contributed by atoms with Crippen LogP contribution < -0.4 is 5.32 Å². The molecule has 0 amide bonds. The molecule has 1 atom stereocenters. The van der Waals surface area contributed by atoms with E-state index in [9.17, 15) is 8.78 Å². The fourth-order valence-electron chi connectivity index (χ4n) is 2.60. The van der Waals surface area contributed by atoms with Gasteiger partial charge in [0.05, 0.1) is 0 Å². The number of halogens is 2. The summed E-state index contributed by atoms with van der Waals surface area (Å²) in [6.45, 7) is 11.2. The Bertz CT molecular complexity index is 487. The zero-order chi connectivity index (χ0) is 15.0. The smallest absolute Gasteiger partial charge is 0.159 e. The summed E-state index contributed by atoms with van der Waals surface area (Å²) in [6.07, 6.45) is 1.04. The van der Waals surface area contributed by atoms with E-state index in [0.717, 1.165) is 25.1 Å². The third-order valence-corrected chi connectivity index (χ3v) is 4.48. The molecular weight excluding hydrogens is 258 g/mol. The number of hydrogen-bond donors (Lipinski definition) is 1. The van der Waals surface area contributed by atoms with Gasteiger partial charge in [0.15, 0.2) is 11.6 Å². The summed E-state index contributed by atoms with van der Waals surface area (Å²) in [5.74, 6) is -1.56. The molecule has 1 saturated heterocycles. The highest BCUT2D eigenvalue weighted by Gasteiger charge is 2.38. The Labute approximate surface area is 120 Å². The highest BCUT2D eigenvalue weighted by Crippen LogP contribution is 2.27. The summed E-state index contributed by atoms with van der Waals surface area (Å²) in [5, 5.41) is 3.60. The Balaban J connectivity index is 2.18. The van der Waals surface area contributed by atoms with Crippen molar-refractivity contribution in [2.45, 2.75) is 51.7 Å². The predicted molar refractivity (Wildman–Crippen MR) is 77.5 cm³/mol. The number of nitrogens with zero attached hydrogens (tertiary/aromatic N) is 1. The first-order valence-corrected chi connectivity index (χ1v) is 7.20. The van der Waals surface area contributed by atoms with Crippen molar-refractivity contribution in [3.8, 4) is 0 Å². The zero-order valence-corrected chi connectivity index (χ0v) is 12.8. The number of nitrogens with one attached hydrogen (secondary N) is 1. The second-order valence-corrected chi connectivity index (χ2v) is 6.68. The van der Waals surface area contributed by atoms with Crippen LogP contribution >= 0.6 is 0 Å². The molecule has 1 N–H and O–H groups in total. The fourth-order valence-corrected chi connectivity index (χ4v) is 2.60. The molecule has 4 heteroatoms. The molecule has 0 saturated carbocycles.